The summed E-state index contributed by atoms with van der Waals surface area (Å²) >= 11 is 0. The number of hydrogen-bond donors (Lipinski definition) is 1. The van der Waals surface area contributed by atoms with E-state index >= 15 is 0 Å². The number of hydrogen-bond acceptors (Lipinski definition) is 2. The molecule has 2 N–H and O–H groups in total. The molecule has 0 amide bonds. The summed E-state index contributed by atoms with van der Waals surface area (Å²) in [7, 11) is 0. The third-order valence-electron chi connectivity index (χ3n) is 4.73. The van der Waals surface area contributed by atoms with Crippen LogP contribution in [0.3, 0.4) is 0 Å². The summed E-state index contributed by atoms with van der Waals surface area (Å²) in [6.07, 6.45) is 3.44. The Balaban J connectivity index is 1.92. The van der Waals surface area contributed by atoms with Crippen molar-refractivity contribution in [2.45, 2.75) is 52.6 Å². The fraction of sp³-hybridized carbons (Fsp3) is 0.750. The molecule has 1 aromatic heterocycles. The highest BCUT2D eigenvalue weighted by Gasteiger charge is 2.33. The Morgan fingerprint density at radius 1 is 1.47 bits per heavy atom. The maximum Gasteiger partial charge on any atom is 0.0512 e. The Bertz CT molecular complexity index is 469. The Morgan fingerprint density at radius 3 is 2.95 bits per heavy atom. The molecule has 2 heterocycles. The molecule has 3 rings (SSSR count). The number of aryl methyl sites for hydroxylation is 1. The van der Waals surface area contributed by atoms with Crippen LogP contribution in [0.4, 0.5) is 0 Å². The van der Waals surface area contributed by atoms with Crippen LogP contribution in [0.15, 0.2) is 6.07 Å². The molecular formula is C16H26N2O. The van der Waals surface area contributed by atoms with Crippen molar-refractivity contribution in [1.82, 2.24) is 4.57 Å². The van der Waals surface area contributed by atoms with Gasteiger partial charge < -0.3 is 15.0 Å². The number of ether oxygens (including phenoxy) is 1. The highest BCUT2D eigenvalue weighted by atomic mass is 16.5. The van der Waals surface area contributed by atoms with Gasteiger partial charge in [0.05, 0.1) is 6.61 Å². The van der Waals surface area contributed by atoms with Gasteiger partial charge in [0.25, 0.3) is 0 Å². The van der Waals surface area contributed by atoms with Crippen molar-refractivity contribution >= 4 is 0 Å². The second kappa shape index (κ2) is 4.64. The van der Waals surface area contributed by atoms with E-state index in [0.29, 0.717) is 11.3 Å². The van der Waals surface area contributed by atoms with Crippen molar-refractivity contribution in [3.05, 3.63) is 23.0 Å². The molecule has 3 heteroatoms. The van der Waals surface area contributed by atoms with Gasteiger partial charge in [-0.05, 0) is 43.2 Å². The summed E-state index contributed by atoms with van der Waals surface area (Å²) in [6.45, 7) is 9.83. The molecule has 2 atom stereocenters. The molecule has 1 fully saturated rings. The summed E-state index contributed by atoms with van der Waals surface area (Å²) in [6, 6.07) is 2.52. The molecule has 1 aromatic rings. The van der Waals surface area contributed by atoms with Gasteiger partial charge in [0, 0.05) is 36.5 Å². The van der Waals surface area contributed by atoms with Crippen LogP contribution >= 0.6 is 0 Å². The number of aromatic nitrogens is 1. The largest absolute Gasteiger partial charge is 0.381 e. The standard InChI is InChI=1S/C16H26N2O/c1-11-6-13-14(17)7-16(2,3)8-15(13)18(11)9-12-4-5-19-10-12/h6,12,14H,4-5,7-10,17H2,1-3H3. The number of nitrogens with zero attached hydrogens (tertiary/aromatic N) is 1. The average molecular weight is 262 g/mol. The van der Waals surface area contributed by atoms with Crippen molar-refractivity contribution in [2.75, 3.05) is 13.2 Å². The van der Waals surface area contributed by atoms with Crippen molar-refractivity contribution in [2.24, 2.45) is 17.1 Å². The van der Waals surface area contributed by atoms with E-state index in [2.05, 4.69) is 31.4 Å². The summed E-state index contributed by atoms with van der Waals surface area (Å²) in [5, 5.41) is 0. The first kappa shape index (κ1) is 13.2. The Hall–Kier alpha value is -0.800. The van der Waals surface area contributed by atoms with E-state index in [1.807, 2.05) is 0 Å². The molecule has 19 heavy (non-hydrogen) atoms. The predicted molar refractivity (Wildman–Crippen MR) is 77.1 cm³/mol. The van der Waals surface area contributed by atoms with Crippen LogP contribution in [0.1, 0.15) is 49.7 Å². The summed E-state index contributed by atoms with van der Waals surface area (Å²) in [4.78, 5) is 0. The Morgan fingerprint density at radius 2 is 2.26 bits per heavy atom. The SMILES string of the molecule is Cc1cc2c(n1CC1CCOC1)CC(C)(C)CC2N. The van der Waals surface area contributed by atoms with E-state index < -0.39 is 0 Å². The molecule has 3 nitrogen and oxygen atoms in total. The lowest BCUT2D eigenvalue weighted by molar-refractivity contribution is 0.181. The molecule has 1 aliphatic heterocycles. The van der Waals surface area contributed by atoms with Gasteiger partial charge in [0.15, 0.2) is 0 Å². The summed E-state index contributed by atoms with van der Waals surface area (Å²) in [5.74, 6) is 0.677. The monoisotopic (exact) mass is 262 g/mol. The topological polar surface area (TPSA) is 40.2 Å². The zero-order chi connectivity index (χ0) is 13.6. The average Bonchev–Trinajstić information content (AvgIpc) is 2.90. The van der Waals surface area contributed by atoms with Gasteiger partial charge in [0.1, 0.15) is 0 Å². The fourth-order valence-corrected chi connectivity index (χ4v) is 3.74. The smallest absolute Gasteiger partial charge is 0.0512 e. The molecule has 2 aliphatic rings. The van der Waals surface area contributed by atoms with Gasteiger partial charge in [-0.25, -0.2) is 0 Å². The minimum atomic E-state index is 0.207. The summed E-state index contributed by atoms with van der Waals surface area (Å²) in [5.41, 5.74) is 10.9. The highest BCUT2D eigenvalue weighted by Crippen LogP contribution is 2.41. The zero-order valence-electron chi connectivity index (χ0n) is 12.4. The van der Waals surface area contributed by atoms with Crippen molar-refractivity contribution in [3.63, 3.8) is 0 Å². The second-order valence-electron chi connectivity index (χ2n) is 7.18. The van der Waals surface area contributed by atoms with Crippen LogP contribution in [0.25, 0.3) is 0 Å². The van der Waals surface area contributed by atoms with E-state index in [-0.39, 0.29) is 6.04 Å². The highest BCUT2D eigenvalue weighted by molar-refractivity contribution is 5.34. The van der Waals surface area contributed by atoms with E-state index in [4.69, 9.17) is 10.5 Å². The minimum absolute atomic E-state index is 0.207. The van der Waals surface area contributed by atoms with Crippen LogP contribution in [0.5, 0.6) is 0 Å². The molecule has 0 radical (unpaired) electrons. The lowest BCUT2D eigenvalue weighted by Gasteiger charge is -2.35. The molecular weight excluding hydrogens is 236 g/mol. The van der Waals surface area contributed by atoms with Crippen LogP contribution < -0.4 is 5.73 Å². The fourth-order valence-electron chi connectivity index (χ4n) is 3.74. The molecule has 106 valence electrons. The van der Waals surface area contributed by atoms with Crippen molar-refractivity contribution < 1.29 is 4.74 Å². The number of rotatable bonds is 2. The van der Waals surface area contributed by atoms with Crippen LogP contribution in [0.2, 0.25) is 0 Å². The van der Waals surface area contributed by atoms with E-state index in [1.54, 1.807) is 0 Å². The predicted octanol–water partition coefficient (Wildman–Crippen LogP) is 2.81. The first-order chi connectivity index (χ1) is 8.96. The minimum Gasteiger partial charge on any atom is -0.381 e. The van der Waals surface area contributed by atoms with Crippen LogP contribution in [-0.2, 0) is 17.7 Å². The molecule has 2 unspecified atom stereocenters. The van der Waals surface area contributed by atoms with Gasteiger partial charge in [-0.1, -0.05) is 13.8 Å². The van der Waals surface area contributed by atoms with Gasteiger partial charge in [-0.2, -0.15) is 0 Å². The first-order valence-corrected chi connectivity index (χ1v) is 7.48. The molecule has 0 spiro atoms. The van der Waals surface area contributed by atoms with Crippen LogP contribution in [0, 0.1) is 18.3 Å². The van der Waals surface area contributed by atoms with E-state index in [1.165, 1.54) is 23.4 Å². The van der Waals surface area contributed by atoms with Gasteiger partial charge in [-0.3, -0.25) is 0 Å². The number of nitrogens with two attached hydrogens (primary N) is 1. The molecule has 0 bridgehead atoms. The van der Waals surface area contributed by atoms with Crippen molar-refractivity contribution in [3.8, 4) is 0 Å². The third-order valence-corrected chi connectivity index (χ3v) is 4.73. The molecule has 0 aromatic carbocycles. The lowest BCUT2D eigenvalue weighted by Crippen LogP contribution is -2.31. The van der Waals surface area contributed by atoms with Gasteiger partial charge in [0.2, 0.25) is 0 Å². The maximum absolute atomic E-state index is 6.37. The Labute approximate surface area is 116 Å². The molecule has 1 aliphatic carbocycles. The van der Waals surface area contributed by atoms with E-state index in [9.17, 15) is 0 Å². The quantitative estimate of drug-likeness (QED) is 0.890. The Kier molecular flexibility index (Phi) is 3.22. The molecule has 0 saturated carbocycles. The van der Waals surface area contributed by atoms with Crippen molar-refractivity contribution in [1.29, 1.82) is 0 Å². The normalized spacial score (nSPS) is 29.5. The van der Waals surface area contributed by atoms with Gasteiger partial charge >= 0.3 is 0 Å². The lowest BCUT2D eigenvalue weighted by atomic mass is 9.74. The second-order valence-corrected chi connectivity index (χ2v) is 7.18. The summed E-state index contributed by atoms with van der Waals surface area (Å²) < 4.78 is 8.02. The number of fused-ring (bicyclic) bond motifs is 1. The van der Waals surface area contributed by atoms with E-state index in [0.717, 1.165) is 32.6 Å². The first-order valence-electron chi connectivity index (χ1n) is 7.48. The maximum atomic E-state index is 6.37. The van der Waals surface area contributed by atoms with Gasteiger partial charge in [-0.15, -0.1) is 0 Å². The van der Waals surface area contributed by atoms with Crippen LogP contribution in [-0.4, -0.2) is 17.8 Å². The molecule has 1 saturated heterocycles. The third kappa shape index (κ3) is 2.46. The zero-order valence-corrected chi connectivity index (χ0v) is 12.4.